The summed E-state index contributed by atoms with van der Waals surface area (Å²) in [5, 5.41) is 9.08. The largest absolute Gasteiger partial charge is 0.480 e. The van der Waals surface area contributed by atoms with E-state index >= 15 is 0 Å². The molecule has 0 aromatic rings. The molecule has 2 atom stereocenters. The molecule has 1 heterocycles. The molecule has 0 aliphatic carbocycles. The van der Waals surface area contributed by atoms with Gasteiger partial charge < -0.3 is 14.7 Å². The lowest BCUT2D eigenvalue weighted by Gasteiger charge is -2.33. The summed E-state index contributed by atoms with van der Waals surface area (Å²) < 4.78 is 4.98. The lowest BCUT2D eigenvalue weighted by molar-refractivity contribution is -0.152. The second-order valence-electron chi connectivity index (χ2n) is 4.70. The fourth-order valence-corrected chi connectivity index (χ4v) is 2.25. The van der Waals surface area contributed by atoms with Crippen molar-refractivity contribution in [2.75, 3.05) is 20.3 Å². The topological polar surface area (TPSA) is 66.8 Å². The Morgan fingerprint density at radius 1 is 1.47 bits per heavy atom. The summed E-state index contributed by atoms with van der Waals surface area (Å²) >= 11 is 0. The zero-order valence-corrected chi connectivity index (χ0v) is 10.5. The number of hydrogen-bond donors (Lipinski definition) is 1. The monoisotopic (exact) mass is 243 g/mol. The number of carboxylic acid groups (broad SMARTS) is 1. The van der Waals surface area contributed by atoms with Gasteiger partial charge in [0.15, 0.2) is 0 Å². The molecule has 5 nitrogen and oxygen atoms in total. The number of aliphatic carboxylic acids is 1. The molecule has 0 bridgehead atoms. The first-order valence-electron chi connectivity index (χ1n) is 6.07. The maximum absolute atomic E-state index is 12.0. The van der Waals surface area contributed by atoms with Crippen LogP contribution in [0.1, 0.15) is 32.6 Å². The number of nitrogens with zero attached hydrogens (tertiary/aromatic N) is 1. The van der Waals surface area contributed by atoms with Gasteiger partial charge in [0.1, 0.15) is 6.04 Å². The molecule has 1 N–H and O–H groups in total. The molecule has 0 aromatic heterocycles. The standard InChI is InChI=1S/C12H21NO4/c1-9(8-17-2)7-11(14)13-6-4-3-5-10(13)12(15)16/h9-10H,3-8H2,1-2H3,(H,15,16). The van der Waals surface area contributed by atoms with Crippen LogP contribution in [0.2, 0.25) is 0 Å². The zero-order valence-electron chi connectivity index (χ0n) is 10.5. The number of amides is 1. The molecule has 0 aromatic carbocycles. The summed E-state index contributed by atoms with van der Waals surface area (Å²) in [6, 6.07) is -0.633. The summed E-state index contributed by atoms with van der Waals surface area (Å²) in [6.45, 7) is 3.02. The third-order valence-corrected chi connectivity index (χ3v) is 3.08. The van der Waals surface area contributed by atoms with Gasteiger partial charge in [-0.2, -0.15) is 0 Å². The molecule has 1 aliphatic heterocycles. The van der Waals surface area contributed by atoms with Crippen LogP contribution < -0.4 is 0 Å². The van der Waals surface area contributed by atoms with Crippen molar-refractivity contribution >= 4 is 11.9 Å². The molecule has 1 rings (SSSR count). The van der Waals surface area contributed by atoms with Crippen LogP contribution in [0.5, 0.6) is 0 Å². The van der Waals surface area contributed by atoms with Crippen molar-refractivity contribution in [3.63, 3.8) is 0 Å². The van der Waals surface area contributed by atoms with E-state index in [0.29, 0.717) is 26.0 Å². The van der Waals surface area contributed by atoms with Gasteiger partial charge in [0.05, 0.1) is 0 Å². The second-order valence-corrected chi connectivity index (χ2v) is 4.70. The average Bonchev–Trinajstić information content (AvgIpc) is 2.29. The Morgan fingerprint density at radius 2 is 2.18 bits per heavy atom. The minimum Gasteiger partial charge on any atom is -0.480 e. The van der Waals surface area contributed by atoms with Gasteiger partial charge in [-0.3, -0.25) is 4.79 Å². The van der Waals surface area contributed by atoms with E-state index in [1.54, 1.807) is 7.11 Å². The van der Waals surface area contributed by atoms with Crippen molar-refractivity contribution in [1.82, 2.24) is 4.90 Å². The SMILES string of the molecule is COCC(C)CC(=O)N1CCCCC1C(=O)O. The van der Waals surface area contributed by atoms with Crippen LogP contribution in [0, 0.1) is 5.92 Å². The van der Waals surface area contributed by atoms with Gasteiger partial charge in [-0.05, 0) is 25.2 Å². The van der Waals surface area contributed by atoms with E-state index in [-0.39, 0.29) is 11.8 Å². The minimum absolute atomic E-state index is 0.0679. The van der Waals surface area contributed by atoms with E-state index in [2.05, 4.69) is 0 Å². The van der Waals surface area contributed by atoms with Crippen molar-refractivity contribution in [2.45, 2.75) is 38.6 Å². The van der Waals surface area contributed by atoms with Crippen LogP contribution in [0.15, 0.2) is 0 Å². The number of piperidine rings is 1. The number of methoxy groups -OCH3 is 1. The summed E-state index contributed by atoms with van der Waals surface area (Å²) in [4.78, 5) is 24.6. The van der Waals surface area contributed by atoms with Gasteiger partial charge in [-0.1, -0.05) is 6.92 Å². The highest BCUT2D eigenvalue weighted by Crippen LogP contribution is 2.19. The van der Waals surface area contributed by atoms with Gasteiger partial charge in [0.2, 0.25) is 5.91 Å². The maximum atomic E-state index is 12.0. The number of ether oxygens (including phenoxy) is 1. The van der Waals surface area contributed by atoms with Gasteiger partial charge in [0.25, 0.3) is 0 Å². The Kier molecular flexibility index (Phi) is 5.41. The maximum Gasteiger partial charge on any atom is 0.326 e. The second kappa shape index (κ2) is 6.59. The minimum atomic E-state index is -0.891. The van der Waals surface area contributed by atoms with E-state index < -0.39 is 12.0 Å². The fourth-order valence-electron chi connectivity index (χ4n) is 2.25. The number of rotatable bonds is 5. The molecule has 0 radical (unpaired) electrons. The molecule has 5 heteroatoms. The van der Waals surface area contributed by atoms with Crippen LogP contribution in [-0.2, 0) is 14.3 Å². The molecule has 0 spiro atoms. The zero-order chi connectivity index (χ0) is 12.8. The Hall–Kier alpha value is -1.10. The Labute approximate surface area is 102 Å². The molecule has 1 fully saturated rings. The van der Waals surface area contributed by atoms with E-state index in [0.717, 1.165) is 12.8 Å². The van der Waals surface area contributed by atoms with Crippen molar-refractivity contribution in [3.8, 4) is 0 Å². The van der Waals surface area contributed by atoms with Crippen LogP contribution in [-0.4, -0.2) is 48.2 Å². The van der Waals surface area contributed by atoms with Crippen molar-refractivity contribution in [1.29, 1.82) is 0 Å². The molecule has 1 amide bonds. The number of carboxylic acids is 1. The molecule has 98 valence electrons. The molecule has 17 heavy (non-hydrogen) atoms. The van der Waals surface area contributed by atoms with Crippen molar-refractivity contribution in [2.24, 2.45) is 5.92 Å². The summed E-state index contributed by atoms with van der Waals surface area (Å²) in [7, 11) is 1.60. The quantitative estimate of drug-likeness (QED) is 0.786. The van der Waals surface area contributed by atoms with Crippen LogP contribution in [0.4, 0.5) is 0 Å². The number of hydrogen-bond acceptors (Lipinski definition) is 3. The summed E-state index contributed by atoms with van der Waals surface area (Å²) in [5.74, 6) is -0.831. The molecule has 1 aliphatic rings. The first-order chi connectivity index (χ1) is 8.06. The third kappa shape index (κ3) is 4.00. The van der Waals surface area contributed by atoms with Crippen molar-refractivity contribution < 1.29 is 19.4 Å². The first-order valence-corrected chi connectivity index (χ1v) is 6.07. The molecule has 2 unspecified atom stereocenters. The Bertz CT molecular complexity index is 280. The van der Waals surface area contributed by atoms with Gasteiger partial charge in [-0.15, -0.1) is 0 Å². The van der Waals surface area contributed by atoms with E-state index in [1.165, 1.54) is 4.90 Å². The molecular formula is C12H21NO4. The number of carbonyl (C=O) groups excluding carboxylic acids is 1. The van der Waals surface area contributed by atoms with E-state index in [1.807, 2.05) is 6.92 Å². The number of likely N-dealkylation sites (tertiary alicyclic amines) is 1. The Balaban J connectivity index is 2.56. The Morgan fingerprint density at radius 3 is 2.76 bits per heavy atom. The lowest BCUT2D eigenvalue weighted by Crippen LogP contribution is -2.48. The highest BCUT2D eigenvalue weighted by atomic mass is 16.5. The predicted molar refractivity (Wildman–Crippen MR) is 62.6 cm³/mol. The normalized spacial score (nSPS) is 22.2. The average molecular weight is 243 g/mol. The van der Waals surface area contributed by atoms with Gasteiger partial charge >= 0.3 is 5.97 Å². The fraction of sp³-hybridized carbons (Fsp3) is 0.833. The number of carbonyl (C=O) groups is 2. The van der Waals surface area contributed by atoms with Gasteiger partial charge in [0, 0.05) is 26.7 Å². The summed E-state index contributed by atoms with van der Waals surface area (Å²) in [6.07, 6.45) is 2.71. The van der Waals surface area contributed by atoms with Crippen LogP contribution in [0.25, 0.3) is 0 Å². The molecule has 0 saturated carbocycles. The van der Waals surface area contributed by atoms with E-state index in [4.69, 9.17) is 9.84 Å². The lowest BCUT2D eigenvalue weighted by atomic mass is 10.00. The summed E-state index contributed by atoms with van der Waals surface area (Å²) in [5.41, 5.74) is 0. The highest BCUT2D eigenvalue weighted by molar-refractivity contribution is 5.84. The molecular weight excluding hydrogens is 222 g/mol. The van der Waals surface area contributed by atoms with E-state index in [9.17, 15) is 9.59 Å². The van der Waals surface area contributed by atoms with Crippen molar-refractivity contribution in [3.05, 3.63) is 0 Å². The van der Waals surface area contributed by atoms with Gasteiger partial charge in [-0.25, -0.2) is 4.79 Å². The smallest absolute Gasteiger partial charge is 0.326 e. The third-order valence-electron chi connectivity index (χ3n) is 3.08. The predicted octanol–water partition coefficient (Wildman–Crippen LogP) is 1.12. The molecule has 1 saturated heterocycles. The van der Waals surface area contributed by atoms with Crippen LogP contribution >= 0.6 is 0 Å². The highest BCUT2D eigenvalue weighted by Gasteiger charge is 2.32. The van der Waals surface area contributed by atoms with Crippen LogP contribution in [0.3, 0.4) is 0 Å². The first kappa shape index (κ1) is 14.0.